The van der Waals surface area contributed by atoms with E-state index in [1.807, 2.05) is 42.8 Å². The fourth-order valence-electron chi connectivity index (χ4n) is 2.83. The van der Waals surface area contributed by atoms with Crippen molar-refractivity contribution >= 4 is 40.1 Å². The minimum atomic E-state index is -0.358. The van der Waals surface area contributed by atoms with Gasteiger partial charge >= 0.3 is 12.0 Å². The molecule has 7 heteroatoms. The van der Waals surface area contributed by atoms with Crippen LogP contribution in [-0.2, 0) is 11.8 Å². The van der Waals surface area contributed by atoms with Gasteiger partial charge in [-0.05, 0) is 49.7 Å². The smallest absolute Gasteiger partial charge is 0.338 e. The number of hydrogen-bond acceptors (Lipinski definition) is 6. The van der Waals surface area contributed by atoms with Crippen LogP contribution >= 0.6 is 0 Å². The van der Waals surface area contributed by atoms with E-state index in [9.17, 15) is 4.79 Å². The van der Waals surface area contributed by atoms with Crippen LogP contribution in [0.15, 0.2) is 40.8 Å². The average Bonchev–Trinajstić information content (AvgIpc) is 3.15. The molecule has 0 aliphatic carbocycles. The van der Waals surface area contributed by atoms with Gasteiger partial charge in [-0.1, -0.05) is 6.07 Å². The number of ether oxygens (including phenoxy) is 1. The molecular formula is C19H18N4O3. The number of nitrogens with zero attached hydrogens (tertiary/aromatic N) is 3. The molecule has 26 heavy (non-hydrogen) atoms. The number of carbonyl (C=O) groups excluding carboxylic acids is 1. The van der Waals surface area contributed by atoms with Crippen LogP contribution in [0.3, 0.4) is 0 Å². The van der Waals surface area contributed by atoms with Crippen molar-refractivity contribution in [3.63, 3.8) is 0 Å². The van der Waals surface area contributed by atoms with Gasteiger partial charge in [-0.2, -0.15) is 4.98 Å². The van der Waals surface area contributed by atoms with Crippen LogP contribution in [0.5, 0.6) is 0 Å². The normalized spacial score (nSPS) is 11.2. The summed E-state index contributed by atoms with van der Waals surface area (Å²) in [5, 5.41) is 3.10. The summed E-state index contributed by atoms with van der Waals surface area (Å²) < 4.78 is 12.7. The summed E-state index contributed by atoms with van der Waals surface area (Å²) in [6.07, 6.45) is 0. The lowest BCUT2D eigenvalue weighted by atomic mass is 10.2. The summed E-state index contributed by atoms with van der Waals surface area (Å²) in [4.78, 5) is 20.9. The Morgan fingerprint density at radius 2 is 2.04 bits per heavy atom. The lowest BCUT2D eigenvalue weighted by molar-refractivity contribution is 0.0526. The molecule has 2 heterocycles. The molecule has 1 N–H and O–H groups in total. The standard InChI is InChI=1S/C19H18N4O3/c1-4-25-17(24)12-6-8-15-14(10-12)20-18(23(15)3)22-19-21-13-7-5-11(2)9-16(13)26-19/h5-10H,4H2,1-3H3,(H,20,21,22). The third-order valence-corrected chi connectivity index (χ3v) is 4.15. The molecule has 0 unspecified atom stereocenters. The largest absolute Gasteiger partial charge is 0.462 e. The van der Waals surface area contributed by atoms with Gasteiger partial charge < -0.3 is 13.7 Å². The van der Waals surface area contributed by atoms with E-state index in [0.717, 1.165) is 22.2 Å². The van der Waals surface area contributed by atoms with Gasteiger partial charge in [0.05, 0.1) is 23.2 Å². The second-order valence-electron chi connectivity index (χ2n) is 6.03. The highest BCUT2D eigenvalue weighted by Crippen LogP contribution is 2.25. The molecule has 0 aliphatic heterocycles. The molecule has 7 nitrogen and oxygen atoms in total. The number of benzene rings is 2. The zero-order valence-electron chi connectivity index (χ0n) is 14.7. The maximum atomic E-state index is 11.9. The molecule has 0 saturated heterocycles. The Bertz CT molecular complexity index is 1130. The van der Waals surface area contributed by atoms with Crippen molar-refractivity contribution < 1.29 is 13.9 Å². The summed E-state index contributed by atoms with van der Waals surface area (Å²) >= 11 is 0. The Labute approximate surface area is 149 Å². The second-order valence-corrected chi connectivity index (χ2v) is 6.03. The van der Waals surface area contributed by atoms with E-state index in [-0.39, 0.29) is 5.97 Å². The number of fused-ring (bicyclic) bond motifs is 2. The van der Waals surface area contributed by atoms with Crippen molar-refractivity contribution in [1.82, 2.24) is 14.5 Å². The monoisotopic (exact) mass is 350 g/mol. The van der Waals surface area contributed by atoms with Crippen molar-refractivity contribution in [2.45, 2.75) is 13.8 Å². The van der Waals surface area contributed by atoms with Gasteiger partial charge in [-0.15, -0.1) is 0 Å². The Kier molecular flexibility index (Phi) is 3.84. The molecular weight excluding hydrogens is 332 g/mol. The van der Waals surface area contributed by atoms with E-state index in [1.165, 1.54) is 0 Å². The Morgan fingerprint density at radius 3 is 2.85 bits per heavy atom. The van der Waals surface area contributed by atoms with Gasteiger partial charge in [0.15, 0.2) is 5.58 Å². The van der Waals surface area contributed by atoms with Gasteiger partial charge in [0.2, 0.25) is 5.95 Å². The molecule has 2 aromatic heterocycles. The molecule has 0 fully saturated rings. The molecule has 0 amide bonds. The van der Waals surface area contributed by atoms with E-state index in [0.29, 0.717) is 29.7 Å². The number of hydrogen-bond donors (Lipinski definition) is 1. The fourth-order valence-corrected chi connectivity index (χ4v) is 2.83. The van der Waals surface area contributed by atoms with Crippen molar-refractivity contribution in [3.8, 4) is 0 Å². The molecule has 0 radical (unpaired) electrons. The summed E-state index contributed by atoms with van der Waals surface area (Å²) in [6.45, 7) is 4.12. The molecule has 0 bridgehead atoms. The van der Waals surface area contributed by atoms with E-state index < -0.39 is 0 Å². The van der Waals surface area contributed by atoms with Gasteiger partial charge in [-0.25, -0.2) is 9.78 Å². The highest BCUT2D eigenvalue weighted by molar-refractivity contribution is 5.94. The van der Waals surface area contributed by atoms with Gasteiger partial charge in [0.25, 0.3) is 0 Å². The third-order valence-electron chi connectivity index (χ3n) is 4.15. The zero-order valence-corrected chi connectivity index (χ0v) is 14.7. The van der Waals surface area contributed by atoms with Crippen LogP contribution in [0, 0.1) is 6.92 Å². The molecule has 0 atom stereocenters. The molecule has 132 valence electrons. The third kappa shape index (κ3) is 2.77. The number of anilines is 2. The van der Waals surface area contributed by atoms with Crippen molar-refractivity contribution in [2.24, 2.45) is 7.05 Å². The number of nitrogens with one attached hydrogen (secondary N) is 1. The van der Waals surface area contributed by atoms with Crippen molar-refractivity contribution in [1.29, 1.82) is 0 Å². The minimum absolute atomic E-state index is 0.336. The first-order valence-electron chi connectivity index (χ1n) is 8.33. The molecule has 0 saturated carbocycles. The average molecular weight is 350 g/mol. The van der Waals surface area contributed by atoms with Crippen LogP contribution in [0.2, 0.25) is 0 Å². The molecule has 4 rings (SSSR count). The second kappa shape index (κ2) is 6.18. The summed E-state index contributed by atoms with van der Waals surface area (Å²) in [5.74, 6) is 0.216. The van der Waals surface area contributed by atoms with E-state index in [4.69, 9.17) is 9.15 Å². The maximum Gasteiger partial charge on any atom is 0.338 e. The van der Waals surface area contributed by atoms with E-state index in [1.54, 1.807) is 19.1 Å². The summed E-state index contributed by atoms with van der Waals surface area (Å²) in [7, 11) is 1.88. The lowest BCUT2D eigenvalue weighted by Crippen LogP contribution is -2.04. The first kappa shape index (κ1) is 16.1. The van der Waals surface area contributed by atoms with Crippen LogP contribution in [0.4, 0.5) is 12.0 Å². The number of aromatic nitrogens is 3. The van der Waals surface area contributed by atoms with Crippen molar-refractivity contribution in [3.05, 3.63) is 47.5 Å². The van der Waals surface area contributed by atoms with Crippen LogP contribution in [-0.4, -0.2) is 27.1 Å². The first-order valence-corrected chi connectivity index (χ1v) is 8.33. The predicted molar refractivity (Wildman–Crippen MR) is 98.7 cm³/mol. The molecule has 2 aromatic carbocycles. The number of carbonyl (C=O) groups is 1. The highest BCUT2D eigenvalue weighted by atomic mass is 16.5. The zero-order chi connectivity index (χ0) is 18.3. The molecule has 0 spiro atoms. The van der Waals surface area contributed by atoms with Crippen LogP contribution in [0.1, 0.15) is 22.8 Å². The predicted octanol–water partition coefficient (Wildman–Crippen LogP) is 3.94. The van der Waals surface area contributed by atoms with E-state index >= 15 is 0 Å². The number of esters is 1. The highest BCUT2D eigenvalue weighted by Gasteiger charge is 2.14. The van der Waals surface area contributed by atoms with Crippen LogP contribution in [0.25, 0.3) is 22.1 Å². The Hall–Kier alpha value is -3.35. The van der Waals surface area contributed by atoms with Gasteiger partial charge in [-0.3, -0.25) is 5.32 Å². The molecule has 0 aliphatic rings. The summed E-state index contributed by atoms with van der Waals surface area (Å²) in [5.41, 5.74) is 4.65. The minimum Gasteiger partial charge on any atom is -0.462 e. The fraction of sp³-hybridized carbons (Fsp3) is 0.211. The van der Waals surface area contributed by atoms with Crippen molar-refractivity contribution in [2.75, 3.05) is 11.9 Å². The Balaban J connectivity index is 1.69. The SMILES string of the molecule is CCOC(=O)c1ccc2c(c1)nc(Nc1nc3ccc(C)cc3o1)n2C. The van der Waals surface area contributed by atoms with Gasteiger partial charge in [0.1, 0.15) is 5.52 Å². The van der Waals surface area contributed by atoms with Crippen LogP contribution < -0.4 is 5.32 Å². The quantitative estimate of drug-likeness (QED) is 0.561. The number of imidazole rings is 1. The first-order chi connectivity index (χ1) is 12.5. The lowest BCUT2D eigenvalue weighted by Gasteiger charge is -2.02. The topological polar surface area (TPSA) is 82.2 Å². The number of rotatable bonds is 4. The maximum absolute atomic E-state index is 11.9. The Morgan fingerprint density at radius 1 is 1.19 bits per heavy atom. The summed E-state index contributed by atoms with van der Waals surface area (Å²) in [6, 6.07) is 11.5. The molecule has 4 aromatic rings. The van der Waals surface area contributed by atoms with Gasteiger partial charge in [0, 0.05) is 7.05 Å². The number of oxazole rings is 1. The number of aryl methyl sites for hydroxylation is 2. The van der Waals surface area contributed by atoms with E-state index in [2.05, 4.69) is 15.3 Å².